The van der Waals surface area contributed by atoms with Gasteiger partial charge in [0, 0.05) is 16.5 Å². The van der Waals surface area contributed by atoms with E-state index in [0.717, 1.165) is 18.9 Å². The highest BCUT2D eigenvalue weighted by molar-refractivity contribution is 7.06. The van der Waals surface area contributed by atoms with E-state index in [0.29, 0.717) is 6.04 Å². The van der Waals surface area contributed by atoms with E-state index >= 15 is 0 Å². The maximum atomic E-state index is 5.68. The molecule has 0 amide bonds. The molecule has 0 saturated carbocycles. The second-order valence-corrected chi connectivity index (χ2v) is 5.83. The van der Waals surface area contributed by atoms with Crippen LogP contribution in [0.3, 0.4) is 0 Å². The summed E-state index contributed by atoms with van der Waals surface area (Å²) in [7, 11) is 4.33. The monoisotopic (exact) mass is 239 g/mol. The molecule has 1 heterocycles. The van der Waals surface area contributed by atoms with Crippen LogP contribution in [0.25, 0.3) is 0 Å². The van der Waals surface area contributed by atoms with Crippen molar-refractivity contribution in [3.05, 3.63) is 16.1 Å². The van der Waals surface area contributed by atoms with Gasteiger partial charge < -0.3 is 10.6 Å². The van der Waals surface area contributed by atoms with E-state index < -0.39 is 0 Å². The molecule has 1 aliphatic rings. The van der Waals surface area contributed by atoms with Crippen molar-refractivity contribution in [2.45, 2.75) is 32.2 Å². The van der Waals surface area contributed by atoms with Gasteiger partial charge in [-0.15, -0.1) is 0 Å². The highest BCUT2D eigenvalue weighted by atomic mass is 32.1. The number of hydrogen-bond donors (Lipinski definition) is 1. The third kappa shape index (κ3) is 2.14. The van der Waals surface area contributed by atoms with Crippen LogP contribution in [0.2, 0.25) is 0 Å². The smallest absolute Gasteiger partial charge is 0.0562 e. The maximum absolute atomic E-state index is 5.68. The summed E-state index contributed by atoms with van der Waals surface area (Å²) in [5.41, 5.74) is 8.40. The molecule has 2 rings (SSSR count). The summed E-state index contributed by atoms with van der Waals surface area (Å²) in [6.45, 7) is 2.94. The first kappa shape index (κ1) is 12.0. The molecule has 4 heteroatoms. The molecular formula is C12H21N3S. The zero-order chi connectivity index (χ0) is 11.7. The lowest BCUT2D eigenvalue weighted by Crippen LogP contribution is -2.29. The van der Waals surface area contributed by atoms with E-state index in [-0.39, 0.29) is 0 Å². The van der Waals surface area contributed by atoms with Crippen molar-refractivity contribution < 1.29 is 0 Å². The van der Waals surface area contributed by atoms with Crippen LogP contribution in [-0.2, 0) is 6.42 Å². The molecule has 0 spiro atoms. The fraction of sp³-hybridized carbons (Fsp3) is 0.750. The molecule has 2 unspecified atom stereocenters. The number of aromatic nitrogens is 1. The molecule has 1 aromatic rings. The molecule has 0 bridgehead atoms. The Labute approximate surface area is 102 Å². The fourth-order valence-corrected chi connectivity index (χ4v) is 3.74. The van der Waals surface area contributed by atoms with Crippen LogP contribution < -0.4 is 5.73 Å². The zero-order valence-corrected chi connectivity index (χ0v) is 11.2. The van der Waals surface area contributed by atoms with E-state index in [1.807, 2.05) is 0 Å². The normalized spacial score (nSPS) is 24.8. The number of hydrogen-bond acceptors (Lipinski definition) is 4. The Balaban J connectivity index is 2.28. The molecule has 1 aromatic heterocycles. The minimum Gasteiger partial charge on any atom is -0.330 e. The Kier molecular flexibility index (Phi) is 3.62. The Bertz CT molecular complexity index is 359. The molecule has 16 heavy (non-hydrogen) atoms. The molecule has 0 aliphatic heterocycles. The average Bonchev–Trinajstić information content (AvgIpc) is 2.60. The second kappa shape index (κ2) is 4.82. The third-order valence-corrected chi connectivity index (χ3v) is 4.52. The first-order valence-corrected chi connectivity index (χ1v) is 6.72. The molecule has 0 saturated heterocycles. The van der Waals surface area contributed by atoms with Gasteiger partial charge in [0.25, 0.3) is 0 Å². The summed E-state index contributed by atoms with van der Waals surface area (Å²) in [4.78, 5) is 3.81. The zero-order valence-electron chi connectivity index (χ0n) is 10.4. The van der Waals surface area contributed by atoms with Gasteiger partial charge in [-0.25, -0.2) is 0 Å². The van der Waals surface area contributed by atoms with Crippen molar-refractivity contribution >= 4 is 11.5 Å². The second-order valence-electron chi connectivity index (χ2n) is 4.97. The Morgan fingerprint density at radius 3 is 2.88 bits per heavy atom. The van der Waals surface area contributed by atoms with E-state index in [2.05, 4.69) is 30.3 Å². The number of rotatable bonds is 3. The van der Waals surface area contributed by atoms with Gasteiger partial charge >= 0.3 is 0 Å². The van der Waals surface area contributed by atoms with Gasteiger partial charge in [0.1, 0.15) is 0 Å². The van der Waals surface area contributed by atoms with Gasteiger partial charge in [0.15, 0.2) is 0 Å². The highest BCUT2D eigenvalue weighted by Gasteiger charge is 2.31. The van der Waals surface area contributed by atoms with Gasteiger partial charge in [-0.2, -0.15) is 4.37 Å². The van der Waals surface area contributed by atoms with Crippen LogP contribution in [-0.4, -0.2) is 29.9 Å². The molecule has 2 N–H and O–H groups in total. The highest BCUT2D eigenvalue weighted by Crippen LogP contribution is 2.40. The topological polar surface area (TPSA) is 42.2 Å². The molecule has 3 nitrogen and oxygen atoms in total. The average molecular weight is 239 g/mol. The summed E-state index contributed by atoms with van der Waals surface area (Å²) in [6, 6.07) is 0.541. The first-order chi connectivity index (χ1) is 7.63. The van der Waals surface area contributed by atoms with Crippen LogP contribution in [0.5, 0.6) is 0 Å². The van der Waals surface area contributed by atoms with E-state index in [9.17, 15) is 0 Å². The minimum atomic E-state index is 0.541. The molecule has 0 radical (unpaired) electrons. The summed E-state index contributed by atoms with van der Waals surface area (Å²) in [5.74, 6) is 0.741. The summed E-state index contributed by atoms with van der Waals surface area (Å²) in [6.07, 6.45) is 3.56. The molecular weight excluding hydrogens is 218 g/mol. The van der Waals surface area contributed by atoms with Crippen molar-refractivity contribution in [3.63, 3.8) is 0 Å². The molecule has 1 aliphatic carbocycles. The summed E-state index contributed by atoms with van der Waals surface area (Å²) in [5, 5.41) is 0. The predicted octanol–water partition coefficient (Wildman–Crippen LogP) is 1.97. The lowest BCUT2D eigenvalue weighted by Gasteiger charge is -2.33. The van der Waals surface area contributed by atoms with Gasteiger partial charge in [-0.05, 0) is 64.3 Å². The van der Waals surface area contributed by atoms with E-state index in [1.54, 1.807) is 11.5 Å². The predicted molar refractivity (Wildman–Crippen MR) is 68.8 cm³/mol. The number of aryl methyl sites for hydroxylation is 1. The van der Waals surface area contributed by atoms with Crippen LogP contribution in [0.15, 0.2) is 0 Å². The van der Waals surface area contributed by atoms with Gasteiger partial charge in [0.05, 0.1) is 5.69 Å². The summed E-state index contributed by atoms with van der Waals surface area (Å²) < 4.78 is 4.51. The molecule has 0 fully saturated rings. The number of nitrogens with zero attached hydrogens (tertiary/aromatic N) is 2. The van der Waals surface area contributed by atoms with Crippen molar-refractivity contribution in [2.75, 3.05) is 20.6 Å². The third-order valence-electron chi connectivity index (χ3n) is 3.55. The summed E-state index contributed by atoms with van der Waals surface area (Å²) >= 11 is 1.69. The van der Waals surface area contributed by atoms with Crippen molar-refractivity contribution in [1.29, 1.82) is 0 Å². The van der Waals surface area contributed by atoms with Crippen LogP contribution in [0.4, 0.5) is 0 Å². The fourth-order valence-electron chi connectivity index (χ4n) is 2.70. The van der Waals surface area contributed by atoms with E-state index in [4.69, 9.17) is 5.73 Å². The quantitative estimate of drug-likeness (QED) is 0.877. The molecule has 0 aromatic carbocycles. The van der Waals surface area contributed by atoms with Gasteiger partial charge in [0.2, 0.25) is 0 Å². The Morgan fingerprint density at radius 2 is 2.25 bits per heavy atom. The van der Waals surface area contributed by atoms with Crippen molar-refractivity contribution in [3.8, 4) is 0 Å². The minimum absolute atomic E-state index is 0.541. The maximum Gasteiger partial charge on any atom is 0.0562 e. The molecule has 90 valence electrons. The number of fused-ring (bicyclic) bond motifs is 1. The largest absolute Gasteiger partial charge is 0.330 e. The Morgan fingerprint density at radius 1 is 1.50 bits per heavy atom. The van der Waals surface area contributed by atoms with Crippen molar-refractivity contribution in [1.82, 2.24) is 9.27 Å². The van der Waals surface area contributed by atoms with Crippen molar-refractivity contribution in [2.24, 2.45) is 11.7 Å². The number of nitrogens with two attached hydrogens (primary N) is 1. The van der Waals surface area contributed by atoms with Crippen LogP contribution >= 0.6 is 11.5 Å². The van der Waals surface area contributed by atoms with E-state index in [1.165, 1.54) is 29.0 Å². The lowest BCUT2D eigenvalue weighted by molar-refractivity contribution is 0.226. The van der Waals surface area contributed by atoms with Crippen LogP contribution in [0.1, 0.15) is 35.0 Å². The molecule has 2 atom stereocenters. The SMILES string of the molecule is Cc1nsc2c1C(N(C)C)CC(CCN)C2. The Hall–Kier alpha value is -0.450. The standard InChI is InChI=1S/C12H21N3S/c1-8-12-10(15(2)3)6-9(4-5-13)7-11(12)16-14-8/h9-10H,4-7,13H2,1-3H3. The van der Waals surface area contributed by atoms with Crippen LogP contribution in [0, 0.1) is 12.8 Å². The first-order valence-electron chi connectivity index (χ1n) is 5.95. The van der Waals surface area contributed by atoms with Gasteiger partial charge in [-0.3, -0.25) is 0 Å². The van der Waals surface area contributed by atoms with Gasteiger partial charge in [-0.1, -0.05) is 0 Å². The lowest BCUT2D eigenvalue weighted by atomic mass is 9.82.